The summed E-state index contributed by atoms with van der Waals surface area (Å²) in [5, 5.41) is 9.56. The molecule has 6 nitrogen and oxygen atoms in total. The maximum absolute atomic E-state index is 11.9. The highest BCUT2D eigenvalue weighted by molar-refractivity contribution is 9.10. The molecule has 0 spiro atoms. The lowest BCUT2D eigenvalue weighted by atomic mass is 10.2. The summed E-state index contributed by atoms with van der Waals surface area (Å²) in [6.45, 7) is 1.98. The topological polar surface area (TPSA) is 76.0 Å². The molecule has 0 fully saturated rings. The van der Waals surface area contributed by atoms with Crippen LogP contribution in [0.4, 0.5) is 11.4 Å². The zero-order valence-corrected chi connectivity index (χ0v) is 15.2. The molecule has 0 atom stereocenters. The van der Waals surface area contributed by atoms with Crippen LogP contribution in [-0.2, 0) is 11.8 Å². The van der Waals surface area contributed by atoms with Crippen molar-refractivity contribution in [2.75, 3.05) is 17.2 Å². The van der Waals surface area contributed by atoms with Crippen molar-refractivity contribution in [2.24, 2.45) is 7.05 Å². The first kappa shape index (κ1) is 16.7. The Labute approximate surface area is 144 Å². The van der Waals surface area contributed by atoms with E-state index < -0.39 is 0 Å². The van der Waals surface area contributed by atoms with Crippen molar-refractivity contribution in [3.8, 4) is 0 Å². The molecule has 2 N–H and O–H groups in total. The van der Waals surface area contributed by atoms with E-state index in [9.17, 15) is 9.59 Å². The molecule has 0 aliphatic rings. The van der Waals surface area contributed by atoms with Crippen molar-refractivity contribution in [3.05, 3.63) is 49.3 Å². The third-order valence-corrected chi connectivity index (χ3v) is 4.62. The van der Waals surface area contributed by atoms with E-state index in [4.69, 9.17) is 0 Å². The van der Waals surface area contributed by atoms with Crippen molar-refractivity contribution >= 4 is 49.1 Å². The molecule has 22 heavy (non-hydrogen) atoms. The van der Waals surface area contributed by atoms with Crippen LogP contribution in [0.5, 0.6) is 0 Å². The van der Waals surface area contributed by atoms with E-state index in [2.05, 4.69) is 47.6 Å². The Morgan fingerprint density at radius 2 is 2.09 bits per heavy atom. The SMILES string of the molecule is Cc1cc(NC(=O)CNc2cnn(C)c(=O)c2Br)ccc1Br. The number of nitrogens with zero attached hydrogens (tertiary/aromatic N) is 2. The summed E-state index contributed by atoms with van der Waals surface area (Å²) in [7, 11) is 1.56. The summed E-state index contributed by atoms with van der Waals surface area (Å²) in [5.41, 5.74) is 1.96. The van der Waals surface area contributed by atoms with Crippen LogP contribution in [0.1, 0.15) is 5.56 Å². The molecule has 0 saturated carbocycles. The zero-order chi connectivity index (χ0) is 16.3. The van der Waals surface area contributed by atoms with E-state index in [0.717, 1.165) is 10.0 Å². The van der Waals surface area contributed by atoms with Crippen molar-refractivity contribution in [2.45, 2.75) is 6.92 Å². The highest BCUT2D eigenvalue weighted by Crippen LogP contribution is 2.20. The van der Waals surface area contributed by atoms with Gasteiger partial charge in [-0.3, -0.25) is 9.59 Å². The van der Waals surface area contributed by atoms with Gasteiger partial charge in [-0.2, -0.15) is 5.10 Å². The van der Waals surface area contributed by atoms with E-state index in [0.29, 0.717) is 15.8 Å². The highest BCUT2D eigenvalue weighted by Gasteiger charge is 2.09. The maximum atomic E-state index is 11.9. The zero-order valence-electron chi connectivity index (χ0n) is 12.0. The third kappa shape index (κ3) is 3.95. The van der Waals surface area contributed by atoms with Gasteiger partial charge in [0, 0.05) is 17.2 Å². The molecule has 1 heterocycles. The van der Waals surface area contributed by atoms with Crippen molar-refractivity contribution in [3.63, 3.8) is 0 Å². The smallest absolute Gasteiger partial charge is 0.282 e. The van der Waals surface area contributed by atoms with E-state index in [1.807, 2.05) is 25.1 Å². The average molecular weight is 430 g/mol. The van der Waals surface area contributed by atoms with E-state index >= 15 is 0 Å². The molecule has 1 aromatic carbocycles. The summed E-state index contributed by atoms with van der Waals surface area (Å²) in [4.78, 5) is 23.6. The van der Waals surface area contributed by atoms with E-state index in [-0.39, 0.29) is 18.0 Å². The molecule has 0 aliphatic carbocycles. The number of hydrogen-bond donors (Lipinski definition) is 2. The minimum absolute atomic E-state index is 0.0303. The van der Waals surface area contributed by atoms with Gasteiger partial charge >= 0.3 is 0 Å². The molecular formula is C14H14Br2N4O2. The number of aromatic nitrogens is 2. The predicted octanol–water partition coefficient (Wildman–Crippen LogP) is 2.66. The average Bonchev–Trinajstić information content (AvgIpc) is 2.48. The highest BCUT2D eigenvalue weighted by atomic mass is 79.9. The van der Waals surface area contributed by atoms with Gasteiger partial charge in [0.15, 0.2) is 0 Å². The van der Waals surface area contributed by atoms with Gasteiger partial charge in [-0.05, 0) is 46.6 Å². The standard InChI is InChI=1S/C14H14Br2N4O2/c1-8-5-9(3-4-10(8)15)19-12(21)7-17-11-6-18-20(2)14(22)13(11)16/h3-6,17H,7H2,1-2H3,(H,19,21). The Bertz CT molecular complexity index is 774. The first-order valence-electron chi connectivity index (χ1n) is 6.40. The first-order valence-corrected chi connectivity index (χ1v) is 7.99. The molecule has 0 bridgehead atoms. The number of amides is 1. The summed E-state index contributed by atoms with van der Waals surface area (Å²) < 4.78 is 2.54. The number of carbonyl (C=O) groups is 1. The van der Waals surface area contributed by atoms with Crippen LogP contribution in [0.25, 0.3) is 0 Å². The summed E-state index contributed by atoms with van der Waals surface area (Å²) >= 11 is 6.60. The maximum Gasteiger partial charge on any atom is 0.282 e. The van der Waals surface area contributed by atoms with Crippen molar-refractivity contribution in [1.82, 2.24) is 9.78 Å². The Morgan fingerprint density at radius 3 is 2.77 bits per heavy atom. The molecule has 2 rings (SSSR count). The predicted molar refractivity (Wildman–Crippen MR) is 93.2 cm³/mol. The minimum Gasteiger partial charge on any atom is -0.374 e. The fourth-order valence-electron chi connectivity index (χ4n) is 1.74. The van der Waals surface area contributed by atoms with Crippen LogP contribution in [0.2, 0.25) is 0 Å². The van der Waals surface area contributed by atoms with Gasteiger partial charge in [0.05, 0.1) is 18.4 Å². The summed E-state index contributed by atoms with van der Waals surface area (Å²) in [5.74, 6) is -0.214. The number of anilines is 2. The lowest BCUT2D eigenvalue weighted by Gasteiger charge is -2.10. The van der Waals surface area contributed by atoms with Gasteiger partial charge < -0.3 is 10.6 Å². The van der Waals surface area contributed by atoms with Crippen LogP contribution in [0.15, 0.2) is 38.1 Å². The number of halogens is 2. The molecular weight excluding hydrogens is 416 g/mol. The normalized spacial score (nSPS) is 10.4. The van der Waals surface area contributed by atoms with Crippen LogP contribution in [0, 0.1) is 6.92 Å². The molecule has 116 valence electrons. The monoisotopic (exact) mass is 428 g/mol. The molecule has 8 heteroatoms. The second-order valence-electron chi connectivity index (χ2n) is 4.67. The van der Waals surface area contributed by atoms with Gasteiger partial charge in [-0.1, -0.05) is 15.9 Å². The van der Waals surface area contributed by atoms with Gasteiger partial charge in [0.2, 0.25) is 5.91 Å². The fourth-order valence-corrected chi connectivity index (χ4v) is 2.48. The van der Waals surface area contributed by atoms with E-state index in [1.54, 1.807) is 7.05 Å². The van der Waals surface area contributed by atoms with Crippen LogP contribution >= 0.6 is 31.9 Å². The fraction of sp³-hybridized carbons (Fsp3) is 0.214. The van der Waals surface area contributed by atoms with Gasteiger partial charge in [-0.25, -0.2) is 4.68 Å². The molecule has 1 amide bonds. The second-order valence-corrected chi connectivity index (χ2v) is 6.31. The summed E-state index contributed by atoms with van der Waals surface area (Å²) in [6, 6.07) is 5.56. The number of benzene rings is 1. The molecule has 0 saturated heterocycles. The third-order valence-electron chi connectivity index (χ3n) is 2.96. The van der Waals surface area contributed by atoms with E-state index in [1.165, 1.54) is 10.9 Å². The van der Waals surface area contributed by atoms with Gasteiger partial charge in [0.1, 0.15) is 4.47 Å². The molecule has 0 unspecified atom stereocenters. The van der Waals surface area contributed by atoms with Crippen molar-refractivity contribution < 1.29 is 4.79 Å². The molecule has 0 radical (unpaired) electrons. The number of hydrogen-bond acceptors (Lipinski definition) is 4. The minimum atomic E-state index is -0.269. The molecule has 1 aromatic heterocycles. The lowest BCUT2D eigenvalue weighted by Crippen LogP contribution is -2.25. The number of rotatable bonds is 4. The Hall–Kier alpha value is -1.67. The number of carbonyl (C=O) groups excluding carboxylic acids is 1. The lowest BCUT2D eigenvalue weighted by molar-refractivity contribution is -0.114. The Balaban J connectivity index is 2.00. The summed E-state index contributed by atoms with van der Waals surface area (Å²) in [6.07, 6.45) is 1.49. The largest absolute Gasteiger partial charge is 0.374 e. The number of nitrogens with one attached hydrogen (secondary N) is 2. The quantitative estimate of drug-likeness (QED) is 0.783. The Kier molecular flexibility index (Phi) is 5.36. The van der Waals surface area contributed by atoms with Crippen molar-refractivity contribution in [1.29, 1.82) is 0 Å². The van der Waals surface area contributed by atoms with Gasteiger partial charge in [0.25, 0.3) is 5.56 Å². The molecule has 2 aromatic rings. The first-order chi connectivity index (χ1) is 10.4. The van der Waals surface area contributed by atoms with Crippen LogP contribution in [0.3, 0.4) is 0 Å². The second kappa shape index (κ2) is 7.06. The van der Waals surface area contributed by atoms with Gasteiger partial charge in [-0.15, -0.1) is 0 Å². The number of aryl methyl sites for hydroxylation is 2. The van der Waals surface area contributed by atoms with Crippen LogP contribution < -0.4 is 16.2 Å². The Morgan fingerprint density at radius 1 is 1.36 bits per heavy atom. The molecule has 0 aliphatic heterocycles. The van der Waals surface area contributed by atoms with Crippen LogP contribution in [-0.4, -0.2) is 22.2 Å².